The first-order chi connectivity index (χ1) is 7.29. The van der Waals surface area contributed by atoms with Crippen LogP contribution in [0.15, 0.2) is 24.3 Å². The van der Waals surface area contributed by atoms with Gasteiger partial charge in [-0.05, 0) is 17.5 Å². The number of amides is 1. The highest BCUT2D eigenvalue weighted by Crippen LogP contribution is 2.17. The van der Waals surface area contributed by atoms with E-state index in [0.717, 1.165) is 19.5 Å². The van der Waals surface area contributed by atoms with Crippen molar-refractivity contribution < 1.29 is 4.79 Å². The SMILES string of the molecule is CNC(=O)CN1CCc2ccccc2C1. The fourth-order valence-electron chi connectivity index (χ4n) is 1.97. The Hall–Kier alpha value is -1.35. The molecule has 15 heavy (non-hydrogen) atoms. The largest absolute Gasteiger partial charge is 0.358 e. The van der Waals surface area contributed by atoms with Crippen LogP contribution in [0.1, 0.15) is 11.1 Å². The van der Waals surface area contributed by atoms with Gasteiger partial charge in [-0.2, -0.15) is 0 Å². The maximum Gasteiger partial charge on any atom is 0.233 e. The number of benzene rings is 1. The average molecular weight is 204 g/mol. The topological polar surface area (TPSA) is 32.3 Å². The zero-order valence-electron chi connectivity index (χ0n) is 8.99. The normalized spacial score (nSPS) is 15.8. The van der Waals surface area contributed by atoms with Crippen molar-refractivity contribution in [1.82, 2.24) is 10.2 Å². The van der Waals surface area contributed by atoms with Crippen molar-refractivity contribution in [2.24, 2.45) is 0 Å². The van der Waals surface area contributed by atoms with Gasteiger partial charge in [0.15, 0.2) is 0 Å². The Balaban J connectivity index is 2.02. The summed E-state index contributed by atoms with van der Waals surface area (Å²) in [6.07, 6.45) is 1.05. The van der Waals surface area contributed by atoms with Crippen molar-refractivity contribution in [3.05, 3.63) is 35.4 Å². The van der Waals surface area contributed by atoms with Gasteiger partial charge in [0.1, 0.15) is 0 Å². The lowest BCUT2D eigenvalue weighted by Crippen LogP contribution is -2.38. The van der Waals surface area contributed by atoms with Gasteiger partial charge in [0, 0.05) is 20.1 Å². The van der Waals surface area contributed by atoms with Gasteiger partial charge in [0.2, 0.25) is 5.91 Å². The fourth-order valence-corrected chi connectivity index (χ4v) is 1.97. The summed E-state index contributed by atoms with van der Waals surface area (Å²) in [5.41, 5.74) is 2.78. The van der Waals surface area contributed by atoms with Gasteiger partial charge in [0.25, 0.3) is 0 Å². The average Bonchev–Trinajstić information content (AvgIpc) is 2.29. The summed E-state index contributed by atoms with van der Waals surface area (Å²) >= 11 is 0. The highest BCUT2D eigenvalue weighted by molar-refractivity contribution is 5.77. The van der Waals surface area contributed by atoms with Gasteiger partial charge in [-0.1, -0.05) is 24.3 Å². The number of likely N-dealkylation sites (N-methyl/N-ethyl adjacent to an activating group) is 1. The highest BCUT2D eigenvalue weighted by Gasteiger charge is 2.16. The van der Waals surface area contributed by atoms with Crippen LogP contribution in [-0.4, -0.2) is 30.9 Å². The molecule has 0 unspecified atom stereocenters. The molecule has 0 saturated heterocycles. The predicted molar refractivity (Wildman–Crippen MR) is 59.5 cm³/mol. The van der Waals surface area contributed by atoms with Crippen LogP contribution in [0.5, 0.6) is 0 Å². The van der Waals surface area contributed by atoms with Crippen LogP contribution in [0.4, 0.5) is 0 Å². The fraction of sp³-hybridized carbons (Fsp3) is 0.417. The lowest BCUT2D eigenvalue weighted by Gasteiger charge is -2.27. The highest BCUT2D eigenvalue weighted by atomic mass is 16.1. The van der Waals surface area contributed by atoms with Crippen LogP contribution in [0.2, 0.25) is 0 Å². The number of rotatable bonds is 2. The molecule has 1 heterocycles. The number of carbonyl (C=O) groups excluding carboxylic acids is 1. The minimum atomic E-state index is 0.0920. The van der Waals surface area contributed by atoms with E-state index < -0.39 is 0 Å². The summed E-state index contributed by atoms with van der Waals surface area (Å²) in [6, 6.07) is 8.45. The van der Waals surface area contributed by atoms with E-state index in [1.165, 1.54) is 11.1 Å². The zero-order valence-corrected chi connectivity index (χ0v) is 8.99. The van der Waals surface area contributed by atoms with Crippen LogP contribution in [0.25, 0.3) is 0 Å². The van der Waals surface area contributed by atoms with Gasteiger partial charge in [-0.25, -0.2) is 0 Å². The molecule has 0 aromatic heterocycles. The Bertz CT molecular complexity index is 362. The van der Waals surface area contributed by atoms with E-state index in [9.17, 15) is 4.79 Å². The summed E-state index contributed by atoms with van der Waals surface area (Å²) in [5.74, 6) is 0.0920. The molecule has 0 bridgehead atoms. The molecule has 3 nitrogen and oxygen atoms in total. The zero-order chi connectivity index (χ0) is 10.7. The smallest absolute Gasteiger partial charge is 0.233 e. The molecule has 1 aliphatic rings. The van der Waals surface area contributed by atoms with Gasteiger partial charge >= 0.3 is 0 Å². The summed E-state index contributed by atoms with van der Waals surface area (Å²) in [5, 5.41) is 2.66. The molecule has 80 valence electrons. The quantitative estimate of drug-likeness (QED) is 0.772. The summed E-state index contributed by atoms with van der Waals surface area (Å²) in [7, 11) is 1.68. The molecule has 0 saturated carbocycles. The molecule has 1 N–H and O–H groups in total. The lowest BCUT2D eigenvalue weighted by molar-refractivity contribution is -0.121. The number of carbonyl (C=O) groups is 1. The third kappa shape index (κ3) is 2.36. The molecule has 0 aliphatic carbocycles. The van der Waals surface area contributed by atoms with E-state index in [1.54, 1.807) is 7.05 Å². The van der Waals surface area contributed by atoms with Crippen LogP contribution >= 0.6 is 0 Å². The Labute approximate surface area is 90.1 Å². The number of hydrogen-bond donors (Lipinski definition) is 1. The van der Waals surface area contributed by atoms with E-state index in [1.807, 2.05) is 0 Å². The van der Waals surface area contributed by atoms with Gasteiger partial charge < -0.3 is 5.32 Å². The van der Waals surface area contributed by atoms with Gasteiger partial charge in [-0.15, -0.1) is 0 Å². The van der Waals surface area contributed by atoms with Gasteiger partial charge in [0.05, 0.1) is 6.54 Å². The number of nitrogens with zero attached hydrogens (tertiary/aromatic N) is 1. The molecule has 1 amide bonds. The summed E-state index contributed by atoms with van der Waals surface area (Å²) in [4.78, 5) is 13.4. The molecule has 0 spiro atoms. The molecule has 1 aliphatic heterocycles. The number of nitrogens with one attached hydrogen (secondary N) is 1. The lowest BCUT2D eigenvalue weighted by atomic mass is 10.00. The third-order valence-corrected chi connectivity index (χ3v) is 2.86. The second kappa shape index (κ2) is 4.45. The second-order valence-corrected chi connectivity index (χ2v) is 3.90. The summed E-state index contributed by atoms with van der Waals surface area (Å²) < 4.78 is 0. The summed E-state index contributed by atoms with van der Waals surface area (Å²) in [6.45, 7) is 2.37. The minimum absolute atomic E-state index is 0.0920. The first-order valence-electron chi connectivity index (χ1n) is 5.29. The van der Waals surface area contributed by atoms with E-state index in [-0.39, 0.29) is 5.91 Å². The van der Waals surface area contributed by atoms with Crippen molar-refractivity contribution in [3.8, 4) is 0 Å². The molecule has 2 rings (SSSR count). The molecular formula is C12H16N2O. The Morgan fingerprint density at radius 2 is 2.13 bits per heavy atom. The first kappa shape index (κ1) is 10.2. The second-order valence-electron chi connectivity index (χ2n) is 3.90. The monoisotopic (exact) mass is 204 g/mol. The Morgan fingerprint density at radius 1 is 1.40 bits per heavy atom. The minimum Gasteiger partial charge on any atom is -0.358 e. The number of fused-ring (bicyclic) bond motifs is 1. The molecule has 0 radical (unpaired) electrons. The maximum atomic E-state index is 11.2. The molecule has 1 aromatic rings. The molecule has 1 aromatic carbocycles. The third-order valence-electron chi connectivity index (χ3n) is 2.86. The van der Waals surface area contributed by atoms with Crippen molar-refractivity contribution >= 4 is 5.91 Å². The van der Waals surface area contributed by atoms with Gasteiger partial charge in [-0.3, -0.25) is 9.69 Å². The first-order valence-corrected chi connectivity index (χ1v) is 5.29. The number of hydrogen-bond acceptors (Lipinski definition) is 2. The van der Waals surface area contributed by atoms with E-state index in [2.05, 4.69) is 34.5 Å². The van der Waals surface area contributed by atoms with E-state index in [0.29, 0.717) is 6.54 Å². The Kier molecular flexibility index (Phi) is 3.02. The van der Waals surface area contributed by atoms with E-state index in [4.69, 9.17) is 0 Å². The molecule has 3 heteroatoms. The predicted octanol–water partition coefficient (Wildman–Crippen LogP) is 0.791. The van der Waals surface area contributed by atoms with Crippen molar-refractivity contribution in [2.75, 3.05) is 20.1 Å². The molecular weight excluding hydrogens is 188 g/mol. The standard InChI is InChI=1S/C12H16N2O/c1-13-12(15)9-14-7-6-10-4-2-3-5-11(10)8-14/h2-5H,6-9H2,1H3,(H,13,15). The van der Waals surface area contributed by atoms with Crippen molar-refractivity contribution in [1.29, 1.82) is 0 Å². The van der Waals surface area contributed by atoms with Crippen molar-refractivity contribution in [2.45, 2.75) is 13.0 Å². The van der Waals surface area contributed by atoms with E-state index >= 15 is 0 Å². The van der Waals surface area contributed by atoms with Crippen molar-refractivity contribution in [3.63, 3.8) is 0 Å². The molecule has 0 fully saturated rings. The van der Waals surface area contributed by atoms with Crippen LogP contribution < -0.4 is 5.32 Å². The Morgan fingerprint density at radius 3 is 2.87 bits per heavy atom. The van der Waals surface area contributed by atoms with Crippen LogP contribution in [0.3, 0.4) is 0 Å². The molecule has 0 atom stereocenters. The van der Waals surface area contributed by atoms with Crippen LogP contribution in [-0.2, 0) is 17.8 Å². The van der Waals surface area contributed by atoms with Crippen LogP contribution in [0, 0.1) is 0 Å². The maximum absolute atomic E-state index is 11.2.